The minimum Gasteiger partial charge on any atom is -0.489 e. The van der Waals surface area contributed by atoms with Crippen LogP contribution in [0.2, 0.25) is 0 Å². The van der Waals surface area contributed by atoms with Gasteiger partial charge in [-0.15, -0.1) is 0 Å². The first-order chi connectivity index (χ1) is 14.9. The zero-order valence-electron chi connectivity index (χ0n) is 18.5. The lowest BCUT2D eigenvalue weighted by Crippen LogP contribution is -2.23. The Labute approximate surface area is 180 Å². The molecule has 0 fully saturated rings. The van der Waals surface area contributed by atoms with Crippen molar-refractivity contribution in [2.45, 2.75) is 40.7 Å². The summed E-state index contributed by atoms with van der Waals surface area (Å²) in [6.07, 6.45) is 2.84. The molecule has 0 unspecified atom stereocenters. The lowest BCUT2D eigenvalue weighted by molar-refractivity contribution is 0.302. The van der Waals surface area contributed by atoms with Crippen molar-refractivity contribution in [2.24, 2.45) is 7.05 Å². The first kappa shape index (κ1) is 20.6. The van der Waals surface area contributed by atoms with Gasteiger partial charge in [0.1, 0.15) is 12.4 Å². The highest BCUT2D eigenvalue weighted by Crippen LogP contribution is 2.25. The second kappa shape index (κ2) is 8.22. The van der Waals surface area contributed by atoms with Gasteiger partial charge in [-0.2, -0.15) is 14.5 Å². The van der Waals surface area contributed by atoms with Crippen molar-refractivity contribution in [1.82, 2.24) is 29.6 Å². The maximum absolute atomic E-state index is 12.4. The number of aryl methyl sites for hydroxylation is 5. The highest BCUT2D eigenvalue weighted by atomic mass is 16.5. The third-order valence-electron chi connectivity index (χ3n) is 5.52. The van der Waals surface area contributed by atoms with Crippen LogP contribution in [0.4, 0.5) is 0 Å². The van der Waals surface area contributed by atoms with E-state index in [1.54, 1.807) is 7.05 Å². The third-order valence-corrected chi connectivity index (χ3v) is 5.52. The smallest absolute Gasteiger partial charge is 0.368 e. The summed E-state index contributed by atoms with van der Waals surface area (Å²) in [6.45, 7) is 8.47. The van der Waals surface area contributed by atoms with E-state index in [1.165, 1.54) is 9.36 Å². The van der Waals surface area contributed by atoms with Crippen LogP contribution in [0.1, 0.15) is 34.9 Å². The summed E-state index contributed by atoms with van der Waals surface area (Å²) < 4.78 is 10.6. The van der Waals surface area contributed by atoms with E-state index >= 15 is 0 Å². The molecule has 0 aliphatic rings. The topological polar surface area (TPSA) is 79.8 Å². The number of ether oxygens (including phenoxy) is 1. The number of tetrazole rings is 1. The molecule has 0 bridgehead atoms. The van der Waals surface area contributed by atoms with Gasteiger partial charge in [0, 0.05) is 18.8 Å². The Hall–Kier alpha value is -3.68. The normalized spacial score (nSPS) is 11.1. The molecule has 8 heteroatoms. The van der Waals surface area contributed by atoms with Crippen LogP contribution in [-0.2, 0) is 20.1 Å². The van der Waals surface area contributed by atoms with Gasteiger partial charge in [0.2, 0.25) is 0 Å². The summed E-state index contributed by atoms with van der Waals surface area (Å²) in [5, 5.41) is 12.4. The quantitative estimate of drug-likeness (QED) is 0.480. The van der Waals surface area contributed by atoms with E-state index in [0.717, 1.165) is 45.8 Å². The molecule has 0 N–H and O–H groups in total. The molecule has 0 aliphatic carbocycles. The minimum atomic E-state index is -0.292. The predicted octanol–water partition coefficient (Wildman–Crippen LogP) is 3.22. The van der Waals surface area contributed by atoms with E-state index in [4.69, 9.17) is 4.74 Å². The number of benzene rings is 2. The van der Waals surface area contributed by atoms with Crippen LogP contribution in [-0.4, -0.2) is 29.6 Å². The molecule has 0 spiro atoms. The fraction of sp³-hybridized carbons (Fsp3) is 0.304. The van der Waals surface area contributed by atoms with Crippen LogP contribution in [0.5, 0.6) is 5.75 Å². The Morgan fingerprint density at radius 1 is 1.03 bits per heavy atom. The van der Waals surface area contributed by atoms with E-state index in [1.807, 2.05) is 62.0 Å². The first-order valence-corrected chi connectivity index (χ1v) is 10.3. The Kier molecular flexibility index (Phi) is 5.46. The van der Waals surface area contributed by atoms with Crippen molar-refractivity contribution in [3.8, 4) is 17.1 Å². The van der Waals surface area contributed by atoms with Crippen LogP contribution < -0.4 is 10.4 Å². The molecule has 0 aliphatic heterocycles. The van der Waals surface area contributed by atoms with Crippen LogP contribution in [0, 0.1) is 20.8 Å². The third kappa shape index (κ3) is 3.88. The molecular formula is C23H26N6O2. The van der Waals surface area contributed by atoms with Crippen molar-refractivity contribution in [3.63, 3.8) is 0 Å². The Morgan fingerprint density at radius 2 is 1.84 bits per heavy atom. The van der Waals surface area contributed by atoms with Gasteiger partial charge in [-0.1, -0.05) is 19.1 Å². The van der Waals surface area contributed by atoms with Crippen molar-refractivity contribution < 1.29 is 4.74 Å². The van der Waals surface area contributed by atoms with E-state index in [9.17, 15) is 4.79 Å². The lowest BCUT2D eigenvalue weighted by atomic mass is 10.0. The Morgan fingerprint density at radius 3 is 2.45 bits per heavy atom. The minimum absolute atomic E-state index is 0.292. The summed E-state index contributed by atoms with van der Waals surface area (Å²) in [6, 6.07) is 11.8. The summed E-state index contributed by atoms with van der Waals surface area (Å²) in [7, 11) is 1.58. The predicted molar refractivity (Wildman–Crippen MR) is 118 cm³/mol. The lowest BCUT2D eigenvalue weighted by Gasteiger charge is -2.16. The second-order valence-electron chi connectivity index (χ2n) is 7.65. The maximum Gasteiger partial charge on any atom is 0.368 e. The summed E-state index contributed by atoms with van der Waals surface area (Å²) >= 11 is 0. The van der Waals surface area contributed by atoms with Gasteiger partial charge in [0.15, 0.2) is 0 Å². The monoisotopic (exact) mass is 418 g/mol. The van der Waals surface area contributed by atoms with E-state index in [0.29, 0.717) is 12.3 Å². The van der Waals surface area contributed by atoms with Gasteiger partial charge in [-0.05, 0) is 78.6 Å². The van der Waals surface area contributed by atoms with Crippen LogP contribution in [0.15, 0.2) is 47.4 Å². The van der Waals surface area contributed by atoms with Crippen molar-refractivity contribution in [3.05, 3.63) is 81.0 Å². The molecule has 2 aromatic carbocycles. The zero-order chi connectivity index (χ0) is 22.1. The molecule has 0 saturated carbocycles. The number of nitrogens with zero attached hydrogens (tertiary/aromatic N) is 6. The molecule has 2 aromatic heterocycles. The molecule has 31 heavy (non-hydrogen) atoms. The van der Waals surface area contributed by atoms with Gasteiger partial charge >= 0.3 is 5.69 Å². The molecule has 2 heterocycles. The summed E-state index contributed by atoms with van der Waals surface area (Å²) in [5.74, 6) is 0.785. The number of aromatic nitrogens is 6. The first-order valence-electron chi connectivity index (χ1n) is 10.3. The average molecular weight is 419 g/mol. The molecule has 0 amide bonds. The maximum atomic E-state index is 12.4. The van der Waals surface area contributed by atoms with Gasteiger partial charge in [-0.3, -0.25) is 0 Å². The largest absolute Gasteiger partial charge is 0.489 e. The standard InChI is InChI=1S/C23H26N6O2/c1-6-18-8-7-9-21(29-23(30)27(5)25-26-29)20(18)14-31-22-11-10-19(12-15(22)2)28-13-16(3)17(4)24-28/h7-13H,6,14H2,1-5H3. The van der Waals surface area contributed by atoms with E-state index in [2.05, 4.69) is 28.5 Å². The van der Waals surface area contributed by atoms with Gasteiger partial charge in [0.05, 0.1) is 17.1 Å². The van der Waals surface area contributed by atoms with Crippen molar-refractivity contribution in [1.29, 1.82) is 0 Å². The Bertz CT molecular complexity index is 1280. The molecule has 4 rings (SSSR count). The fourth-order valence-corrected chi connectivity index (χ4v) is 3.55. The second-order valence-corrected chi connectivity index (χ2v) is 7.65. The van der Waals surface area contributed by atoms with Gasteiger partial charge in [0.25, 0.3) is 0 Å². The highest BCUT2D eigenvalue weighted by Gasteiger charge is 2.15. The number of hydrogen-bond acceptors (Lipinski definition) is 5. The molecule has 4 aromatic rings. The molecule has 8 nitrogen and oxygen atoms in total. The number of rotatable bonds is 6. The van der Waals surface area contributed by atoms with Crippen LogP contribution in [0.3, 0.4) is 0 Å². The SMILES string of the molecule is CCc1cccc(-n2nnn(C)c2=O)c1COc1ccc(-n2cc(C)c(C)n2)cc1C. The molecule has 0 saturated heterocycles. The summed E-state index contributed by atoms with van der Waals surface area (Å²) in [5.41, 5.74) is 6.59. The van der Waals surface area contributed by atoms with E-state index < -0.39 is 0 Å². The number of hydrogen-bond donors (Lipinski definition) is 0. The summed E-state index contributed by atoms with van der Waals surface area (Å²) in [4.78, 5) is 12.4. The van der Waals surface area contributed by atoms with Gasteiger partial charge in [-0.25, -0.2) is 9.48 Å². The molecular weight excluding hydrogens is 392 g/mol. The highest BCUT2D eigenvalue weighted by molar-refractivity contribution is 5.47. The van der Waals surface area contributed by atoms with Crippen molar-refractivity contribution in [2.75, 3.05) is 0 Å². The fourth-order valence-electron chi connectivity index (χ4n) is 3.55. The van der Waals surface area contributed by atoms with E-state index in [-0.39, 0.29) is 5.69 Å². The zero-order valence-corrected chi connectivity index (χ0v) is 18.5. The molecule has 160 valence electrons. The molecule has 0 radical (unpaired) electrons. The average Bonchev–Trinajstić information content (AvgIpc) is 3.28. The van der Waals surface area contributed by atoms with Gasteiger partial charge < -0.3 is 4.74 Å². The van der Waals surface area contributed by atoms with Crippen LogP contribution >= 0.6 is 0 Å². The molecule has 0 atom stereocenters. The van der Waals surface area contributed by atoms with Crippen LogP contribution in [0.25, 0.3) is 11.4 Å². The van der Waals surface area contributed by atoms with Crippen molar-refractivity contribution >= 4 is 0 Å². The Balaban J connectivity index is 1.63.